The van der Waals surface area contributed by atoms with Gasteiger partial charge in [-0.05, 0) is 23.6 Å². The summed E-state index contributed by atoms with van der Waals surface area (Å²) in [5, 5.41) is 12.2. The number of hydrogen-bond acceptors (Lipinski definition) is 5. The second-order valence-corrected chi connectivity index (χ2v) is 6.80. The third-order valence-corrected chi connectivity index (χ3v) is 5.27. The molecule has 1 N–H and O–H groups in total. The average molecular weight is 346 g/mol. The van der Waals surface area contributed by atoms with Gasteiger partial charge in [-0.25, -0.2) is 0 Å². The third-order valence-electron chi connectivity index (χ3n) is 4.30. The van der Waals surface area contributed by atoms with Crippen molar-refractivity contribution >= 4 is 17.2 Å². The minimum absolute atomic E-state index is 0.00547. The summed E-state index contributed by atoms with van der Waals surface area (Å²) in [6.45, 7) is 3.46. The van der Waals surface area contributed by atoms with Gasteiger partial charge in [-0.1, -0.05) is 18.2 Å². The van der Waals surface area contributed by atoms with Crippen LogP contribution in [0.5, 0.6) is 5.75 Å². The first-order valence-electron chi connectivity index (χ1n) is 8.05. The van der Waals surface area contributed by atoms with Gasteiger partial charge in [0.2, 0.25) is 0 Å². The molecule has 24 heavy (non-hydrogen) atoms. The summed E-state index contributed by atoms with van der Waals surface area (Å²) in [4.78, 5) is 17.7. The van der Waals surface area contributed by atoms with Crippen LogP contribution in [0.25, 0.3) is 0 Å². The maximum Gasteiger partial charge on any atom is 0.257 e. The highest BCUT2D eigenvalue weighted by Crippen LogP contribution is 2.22. The van der Waals surface area contributed by atoms with Crippen LogP contribution in [-0.4, -0.2) is 60.6 Å². The van der Waals surface area contributed by atoms with E-state index in [9.17, 15) is 9.90 Å². The number of piperazine rings is 1. The molecule has 1 aromatic heterocycles. The summed E-state index contributed by atoms with van der Waals surface area (Å²) in [5.41, 5.74) is 0.604. The van der Waals surface area contributed by atoms with Gasteiger partial charge < -0.3 is 14.7 Å². The summed E-state index contributed by atoms with van der Waals surface area (Å²) in [5.74, 6) is 0.615. The lowest BCUT2D eigenvalue weighted by Gasteiger charge is -2.35. The SMILES string of the molecule is COc1ccccc1C(=O)N1CCN(C[C@H](O)c2cccs2)CC1. The molecule has 3 rings (SSSR count). The summed E-state index contributed by atoms with van der Waals surface area (Å²) in [6, 6.07) is 11.2. The molecule has 6 heteroatoms. The van der Waals surface area contributed by atoms with E-state index >= 15 is 0 Å². The maximum absolute atomic E-state index is 12.7. The molecule has 0 aliphatic carbocycles. The topological polar surface area (TPSA) is 53.0 Å². The Morgan fingerprint density at radius 2 is 1.96 bits per heavy atom. The lowest BCUT2D eigenvalue weighted by atomic mass is 10.1. The molecule has 0 saturated carbocycles. The molecular formula is C18H22N2O3S. The predicted octanol–water partition coefficient (Wildman–Crippen LogP) is 2.25. The highest BCUT2D eigenvalue weighted by atomic mass is 32.1. The Morgan fingerprint density at radius 1 is 1.21 bits per heavy atom. The van der Waals surface area contributed by atoms with Crippen molar-refractivity contribution in [3.63, 3.8) is 0 Å². The number of methoxy groups -OCH3 is 1. The minimum atomic E-state index is -0.457. The van der Waals surface area contributed by atoms with Crippen LogP contribution in [0.15, 0.2) is 41.8 Å². The van der Waals surface area contributed by atoms with E-state index in [0.717, 1.165) is 18.0 Å². The van der Waals surface area contributed by atoms with E-state index in [1.54, 1.807) is 30.6 Å². The first-order chi connectivity index (χ1) is 11.7. The van der Waals surface area contributed by atoms with E-state index in [4.69, 9.17) is 4.74 Å². The van der Waals surface area contributed by atoms with E-state index in [1.165, 1.54) is 0 Å². The molecule has 1 atom stereocenters. The number of benzene rings is 1. The monoisotopic (exact) mass is 346 g/mol. The second kappa shape index (κ2) is 7.79. The first kappa shape index (κ1) is 17.0. The molecule has 0 spiro atoms. The molecule has 5 nitrogen and oxygen atoms in total. The van der Waals surface area contributed by atoms with E-state index in [2.05, 4.69) is 4.90 Å². The highest BCUT2D eigenvalue weighted by molar-refractivity contribution is 7.10. The van der Waals surface area contributed by atoms with E-state index in [-0.39, 0.29) is 5.91 Å². The molecule has 2 aromatic rings. The molecule has 0 bridgehead atoms. The zero-order valence-electron chi connectivity index (χ0n) is 13.7. The normalized spacial score (nSPS) is 16.8. The highest BCUT2D eigenvalue weighted by Gasteiger charge is 2.25. The Labute approximate surface area is 146 Å². The van der Waals surface area contributed by atoms with Crippen LogP contribution in [0.4, 0.5) is 0 Å². The van der Waals surface area contributed by atoms with Gasteiger partial charge in [0.25, 0.3) is 5.91 Å². The molecule has 1 saturated heterocycles. The van der Waals surface area contributed by atoms with E-state index < -0.39 is 6.10 Å². The number of para-hydroxylation sites is 1. The largest absolute Gasteiger partial charge is 0.496 e. The third kappa shape index (κ3) is 3.77. The van der Waals surface area contributed by atoms with Gasteiger partial charge in [-0.15, -0.1) is 11.3 Å². The standard InChI is InChI=1S/C18H22N2O3S/c1-23-16-6-3-2-5-14(16)18(22)20-10-8-19(9-11-20)13-15(21)17-7-4-12-24-17/h2-7,12,15,21H,8-11,13H2,1H3/t15-/m0/s1. The molecule has 2 heterocycles. The lowest BCUT2D eigenvalue weighted by molar-refractivity contribution is 0.0530. The predicted molar refractivity (Wildman–Crippen MR) is 94.6 cm³/mol. The maximum atomic E-state index is 12.7. The van der Waals surface area contributed by atoms with Crippen molar-refractivity contribution in [3.05, 3.63) is 52.2 Å². The van der Waals surface area contributed by atoms with Crippen LogP contribution in [0.2, 0.25) is 0 Å². The fourth-order valence-corrected chi connectivity index (χ4v) is 3.64. The van der Waals surface area contributed by atoms with E-state index in [0.29, 0.717) is 30.9 Å². The van der Waals surface area contributed by atoms with Crippen LogP contribution in [0.3, 0.4) is 0 Å². The molecule has 1 aromatic carbocycles. The number of amides is 1. The number of thiophene rings is 1. The van der Waals surface area contributed by atoms with Crippen molar-refractivity contribution in [2.45, 2.75) is 6.10 Å². The Balaban J connectivity index is 1.56. The number of aliphatic hydroxyl groups excluding tert-OH is 1. The van der Waals surface area contributed by atoms with Crippen molar-refractivity contribution in [2.24, 2.45) is 0 Å². The molecule has 0 unspecified atom stereocenters. The van der Waals surface area contributed by atoms with Crippen molar-refractivity contribution in [1.82, 2.24) is 9.80 Å². The average Bonchev–Trinajstić information content (AvgIpc) is 3.16. The van der Waals surface area contributed by atoms with Gasteiger partial charge >= 0.3 is 0 Å². The van der Waals surface area contributed by atoms with Gasteiger partial charge in [0, 0.05) is 37.6 Å². The van der Waals surface area contributed by atoms with E-state index in [1.807, 2.05) is 34.5 Å². The van der Waals surface area contributed by atoms with Gasteiger partial charge in [0.1, 0.15) is 11.9 Å². The number of carbonyl (C=O) groups excluding carboxylic acids is 1. The lowest BCUT2D eigenvalue weighted by Crippen LogP contribution is -2.49. The molecule has 1 aliphatic rings. The zero-order valence-corrected chi connectivity index (χ0v) is 14.5. The molecule has 1 amide bonds. The molecule has 1 fully saturated rings. The van der Waals surface area contributed by atoms with Gasteiger partial charge in [-0.2, -0.15) is 0 Å². The second-order valence-electron chi connectivity index (χ2n) is 5.82. The first-order valence-corrected chi connectivity index (χ1v) is 8.93. The van der Waals surface area contributed by atoms with Crippen molar-refractivity contribution in [1.29, 1.82) is 0 Å². The fraction of sp³-hybridized carbons (Fsp3) is 0.389. The minimum Gasteiger partial charge on any atom is -0.496 e. The Morgan fingerprint density at radius 3 is 2.62 bits per heavy atom. The molecule has 1 aliphatic heterocycles. The number of β-amino-alcohol motifs (C(OH)–C–C–N with tert-alkyl or cyclic N) is 1. The number of aliphatic hydroxyl groups is 1. The summed E-state index contributed by atoms with van der Waals surface area (Å²) in [7, 11) is 1.58. The number of carbonyl (C=O) groups is 1. The van der Waals surface area contributed by atoms with Crippen molar-refractivity contribution in [2.75, 3.05) is 39.8 Å². The summed E-state index contributed by atoms with van der Waals surface area (Å²) >= 11 is 1.57. The Kier molecular flexibility index (Phi) is 5.50. The molecular weight excluding hydrogens is 324 g/mol. The number of hydrogen-bond donors (Lipinski definition) is 1. The molecule has 0 radical (unpaired) electrons. The number of rotatable bonds is 5. The van der Waals surface area contributed by atoms with Gasteiger partial charge in [-0.3, -0.25) is 9.69 Å². The Bertz CT molecular complexity index is 667. The Hall–Kier alpha value is -1.89. The van der Waals surface area contributed by atoms with Crippen LogP contribution >= 0.6 is 11.3 Å². The molecule has 128 valence electrons. The van der Waals surface area contributed by atoms with Gasteiger partial charge in [0.05, 0.1) is 12.7 Å². The van der Waals surface area contributed by atoms with Gasteiger partial charge in [0.15, 0.2) is 0 Å². The van der Waals surface area contributed by atoms with Crippen LogP contribution in [0, 0.1) is 0 Å². The summed E-state index contributed by atoms with van der Waals surface area (Å²) < 4.78 is 5.28. The number of ether oxygens (including phenoxy) is 1. The van der Waals surface area contributed by atoms with Crippen molar-refractivity contribution in [3.8, 4) is 5.75 Å². The number of nitrogens with zero attached hydrogens (tertiary/aromatic N) is 2. The zero-order chi connectivity index (χ0) is 16.9. The fourth-order valence-electron chi connectivity index (χ4n) is 2.94. The van der Waals surface area contributed by atoms with Crippen molar-refractivity contribution < 1.29 is 14.6 Å². The quantitative estimate of drug-likeness (QED) is 0.902. The summed E-state index contributed by atoms with van der Waals surface area (Å²) in [6.07, 6.45) is -0.457. The smallest absolute Gasteiger partial charge is 0.257 e. The van der Waals surface area contributed by atoms with Crippen LogP contribution in [-0.2, 0) is 0 Å². The van der Waals surface area contributed by atoms with Crippen LogP contribution < -0.4 is 4.74 Å². The van der Waals surface area contributed by atoms with Crippen LogP contribution in [0.1, 0.15) is 21.3 Å².